The highest BCUT2D eigenvalue weighted by Crippen LogP contribution is 2.20. The number of aryl methyl sites for hydroxylation is 1. The van der Waals surface area contributed by atoms with Crippen LogP contribution in [-0.4, -0.2) is 19.6 Å². The number of amides is 1. The van der Waals surface area contributed by atoms with Crippen molar-refractivity contribution in [3.8, 4) is 11.5 Å². The average Bonchev–Trinajstić information content (AvgIpc) is 2.48. The first kappa shape index (κ1) is 14.7. The Morgan fingerprint density at radius 2 is 1.95 bits per heavy atom. The molecule has 0 radical (unpaired) electrons. The van der Waals surface area contributed by atoms with E-state index in [-0.39, 0.29) is 12.5 Å². The van der Waals surface area contributed by atoms with Gasteiger partial charge >= 0.3 is 0 Å². The number of ether oxygens (including phenoxy) is 2. The summed E-state index contributed by atoms with van der Waals surface area (Å²) in [4.78, 5) is 11.9. The van der Waals surface area contributed by atoms with E-state index < -0.39 is 0 Å². The second-order valence-corrected chi connectivity index (χ2v) is 4.59. The molecule has 0 saturated heterocycles. The molecule has 1 amide bonds. The number of benzene rings is 2. The van der Waals surface area contributed by atoms with E-state index in [2.05, 4.69) is 5.32 Å². The smallest absolute Gasteiger partial charge is 0.262 e. The summed E-state index contributed by atoms with van der Waals surface area (Å²) in [5.41, 5.74) is 7.97. The highest BCUT2D eigenvalue weighted by Gasteiger charge is 2.06. The standard InChI is InChI=1S/C16H18N2O3/c1-11-8-12(17)6-7-15(11)18-16(19)10-21-14-5-3-4-13(9-14)20-2/h3-9H,10,17H2,1-2H3,(H,18,19). The van der Waals surface area contributed by atoms with Gasteiger partial charge in [0.05, 0.1) is 7.11 Å². The lowest BCUT2D eigenvalue weighted by molar-refractivity contribution is -0.118. The lowest BCUT2D eigenvalue weighted by Crippen LogP contribution is -2.20. The average molecular weight is 286 g/mol. The van der Waals surface area contributed by atoms with E-state index in [4.69, 9.17) is 15.2 Å². The number of hydrogen-bond donors (Lipinski definition) is 2. The van der Waals surface area contributed by atoms with Crippen molar-refractivity contribution < 1.29 is 14.3 Å². The zero-order valence-corrected chi connectivity index (χ0v) is 12.1. The first-order valence-corrected chi connectivity index (χ1v) is 6.51. The summed E-state index contributed by atoms with van der Waals surface area (Å²) in [7, 11) is 1.58. The molecule has 0 fully saturated rings. The minimum absolute atomic E-state index is 0.0724. The highest BCUT2D eigenvalue weighted by atomic mass is 16.5. The van der Waals surface area contributed by atoms with Crippen molar-refractivity contribution in [3.63, 3.8) is 0 Å². The number of carbonyl (C=O) groups is 1. The Balaban J connectivity index is 1.92. The van der Waals surface area contributed by atoms with Crippen LogP contribution in [0.4, 0.5) is 11.4 Å². The van der Waals surface area contributed by atoms with Crippen molar-refractivity contribution in [2.75, 3.05) is 24.8 Å². The molecule has 0 bridgehead atoms. The maximum Gasteiger partial charge on any atom is 0.262 e. The zero-order valence-electron chi connectivity index (χ0n) is 12.1. The van der Waals surface area contributed by atoms with Gasteiger partial charge in [0.25, 0.3) is 5.91 Å². The van der Waals surface area contributed by atoms with Crippen molar-refractivity contribution in [2.45, 2.75) is 6.92 Å². The second kappa shape index (κ2) is 6.65. The lowest BCUT2D eigenvalue weighted by Gasteiger charge is -2.10. The van der Waals surface area contributed by atoms with Crippen LogP contribution in [-0.2, 0) is 4.79 Å². The van der Waals surface area contributed by atoms with Gasteiger partial charge in [-0.1, -0.05) is 6.07 Å². The van der Waals surface area contributed by atoms with E-state index in [0.29, 0.717) is 17.2 Å². The summed E-state index contributed by atoms with van der Waals surface area (Å²) in [6.07, 6.45) is 0. The van der Waals surface area contributed by atoms with E-state index in [1.165, 1.54) is 0 Å². The molecule has 3 N–H and O–H groups in total. The quantitative estimate of drug-likeness (QED) is 0.829. The summed E-state index contributed by atoms with van der Waals surface area (Å²) >= 11 is 0. The molecule has 0 aliphatic carbocycles. The molecule has 2 aromatic rings. The molecule has 5 nitrogen and oxygen atoms in total. The molecule has 0 atom stereocenters. The van der Waals surface area contributed by atoms with E-state index in [1.54, 1.807) is 43.5 Å². The van der Waals surface area contributed by atoms with Crippen LogP contribution in [0.5, 0.6) is 11.5 Å². The first-order valence-electron chi connectivity index (χ1n) is 6.51. The lowest BCUT2D eigenvalue weighted by atomic mass is 10.2. The fourth-order valence-electron chi connectivity index (χ4n) is 1.85. The Kier molecular flexibility index (Phi) is 4.66. The van der Waals surface area contributed by atoms with Crippen molar-refractivity contribution in [1.82, 2.24) is 0 Å². The Bertz CT molecular complexity index is 641. The van der Waals surface area contributed by atoms with E-state index >= 15 is 0 Å². The van der Waals surface area contributed by atoms with Gasteiger partial charge < -0.3 is 20.5 Å². The molecule has 0 aromatic heterocycles. The van der Waals surface area contributed by atoms with E-state index in [9.17, 15) is 4.79 Å². The summed E-state index contributed by atoms with van der Waals surface area (Å²) in [6, 6.07) is 12.4. The third-order valence-electron chi connectivity index (χ3n) is 2.94. The van der Waals surface area contributed by atoms with E-state index in [1.807, 2.05) is 13.0 Å². The van der Waals surface area contributed by atoms with Gasteiger partial charge in [0.1, 0.15) is 11.5 Å². The van der Waals surface area contributed by atoms with Crippen LogP contribution in [0.2, 0.25) is 0 Å². The number of rotatable bonds is 5. The fourth-order valence-corrected chi connectivity index (χ4v) is 1.85. The molecule has 2 aromatic carbocycles. The molecule has 0 aliphatic heterocycles. The molecule has 21 heavy (non-hydrogen) atoms. The number of carbonyl (C=O) groups excluding carboxylic acids is 1. The van der Waals surface area contributed by atoms with Crippen LogP contribution in [0.15, 0.2) is 42.5 Å². The Hall–Kier alpha value is -2.69. The van der Waals surface area contributed by atoms with Gasteiger partial charge in [-0.05, 0) is 42.8 Å². The number of anilines is 2. The Morgan fingerprint density at radius 1 is 1.19 bits per heavy atom. The minimum atomic E-state index is -0.231. The number of hydrogen-bond acceptors (Lipinski definition) is 4. The van der Waals surface area contributed by atoms with Crippen molar-refractivity contribution in [1.29, 1.82) is 0 Å². The fraction of sp³-hybridized carbons (Fsp3) is 0.188. The number of nitrogens with one attached hydrogen (secondary N) is 1. The largest absolute Gasteiger partial charge is 0.497 e. The molecule has 0 unspecified atom stereocenters. The van der Waals surface area contributed by atoms with Gasteiger partial charge in [0, 0.05) is 17.4 Å². The highest BCUT2D eigenvalue weighted by molar-refractivity contribution is 5.92. The van der Waals surface area contributed by atoms with Gasteiger partial charge in [-0.3, -0.25) is 4.79 Å². The summed E-state index contributed by atoms with van der Waals surface area (Å²) in [5.74, 6) is 1.03. The number of nitrogens with two attached hydrogens (primary N) is 1. The SMILES string of the molecule is COc1cccc(OCC(=O)Nc2ccc(N)cc2C)c1. The van der Waals surface area contributed by atoms with Crippen molar-refractivity contribution >= 4 is 17.3 Å². The first-order chi connectivity index (χ1) is 10.1. The summed E-state index contributed by atoms with van der Waals surface area (Å²) < 4.78 is 10.5. The van der Waals surface area contributed by atoms with Gasteiger partial charge in [-0.2, -0.15) is 0 Å². The van der Waals surface area contributed by atoms with Gasteiger partial charge in [-0.15, -0.1) is 0 Å². The van der Waals surface area contributed by atoms with Crippen LogP contribution < -0.4 is 20.5 Å². The predicted octanol–water partition coefficient (Wildman–Crippen LogP) is 2.60. The molecule has 110 valence electrons. The van der Waals surface area contributed by atoms with Crippen molar-refractivity contribution in [2.24, 2.45) is 0 Å². The predicted molar refractivity (Wildman–Crippen MR) is 82.7 cm³/mol. The third kappa shape index (κ3) is 4.14. The van der Waals surface area contributed by atoms with Gasteiger partial charge in [0.15, 0.2) is 6.61 Å². The molecule has 0 spiro atoms. The zero-order chi connectivity index (χ0) is 15.2. The molecule has 0 heterocycles. The van der Waals surface area contributed by atoms with Crippen LogP contribution in [0.3, 0.4) is 0 Å². The van der Waals surface area contributed by atoms with Crippen LogP contribution in [0.1, 0.15) is 5.56 Å². The second-order valence-electron chi connectivity index (χ2n) is 4.59. The number of nitrogen functional groups attached to an aromatic ring is 1. The number of methoxy groups -OCH3 is 1. The maximum atomic E-state index is 11.9. The van der Waals surface area contributed by atoms with Crippen LogP contribution in [0.25, 0.3) is 0 Å². The topological polar surface area (TPSA) is 73.6 Å². The summed E-state index contributed by atoms with van der Waals surface area (Å²) in [6.45, 7) is 1.81. The van der Waals surface area contributed by atoms with Crippen LogP contribution in [0, 0.1) is 6.92 Å². The Morgan fingerprint density at radius 3 is 2.67 bits per heavy atom. The molecular weight excluding hydrogens is 268 g/mol. The molecule has 5 heteroatoms. The third-order valence-corrected chi connectivity index (χ3v) is 2.94. The van der Waals surface area contributed by atoms with Crippen molar-refractivity contribution in [3.05, 3.63) is 48.0 Å². The monoisotopic (exact) mass is 286 g/mol. The Labute approximate surface area is 123 Å². The van der Waals surface area contributed by atoms with Gasteiger partial charge in [-0.25, -0.2) is 0 Å². The van der Waals surface area contributed by atoms with Crippen LogP contribution >= 0.6 is 0 Å². The van der Waals surface area contributed by atoms with E-state index in [0.717, 1.165) is 11.3 Å². The normalized spacial score (nSPS) is 10.0. The summed E-state index contributed by atoms with van der Waals surface area (Å²) in [5, 5.41) is 2.79. The molecule has 0 aliphatic rings. The maximum absolute atomic E-state index is 11.9. The molecule has 2 rings (SSSR count). The molecule has 0 saturated carbocycles. The molecular formula is C16H18N2O3. The minimum Gasteiger partial charge on any atom is -0.497 e. The van der Waals surface area contributed by atoms with Gasteiger partial charge in [0.2, 0.25) is 0 Å².